The van der Waals surface area contributed by atoms with Gasteiger partial charge in [0.15, 0.2) is 5.78 Å². The van der Waals surface area contributed by atoms with Crippen LogP contribution in [-0.4, -0.2) is 18.2 Å². The van der Waals surface area contributed by atoms with Crippen LogP contribution < -0.4 is 4.90 Å². The zero-order valence-corrected chi connectivity index (χ0v) is 10.7. The van der Waals surface area contributed by atoms with Gasteiger partial charge in [0, 0.05) is 10.5 Å². The molecular formula is C15H13NOS. The van der Waals surface area contributed by atoms with Crippen LogP contribution in [0.4, 0.5) is 5.69 Å². The number of rotatable bonds is 3. The molecule has 0 aromatic heterocycles. The number of thioether (sulfide) groups is 1. The van der Waals surface area contributed by atoms with Crippen LogP contribution in [0.5, 0.6) is 0 Å². The summed E-state index contributed by atoms with van der Waals surface area (Å²) in [7, 11) is 0. The van der Waals surface area contributed by atoms with Crippen molar-refractivity contribution in [3.63, 3.8) is 0 Å². The Hall–Kier alpha value is -1.74. The molecule has 3 rings (SSSR count). The second kappa shape index (κ2) is 4.86. The van der Waals surface area contributed by atoms with Gasteiger partial charge in [-0.05, 0) is 12.1 Å². The quantitative estimate of drug-likeness (QED) is 0.784. The topological polar surface area (TPSA) is 20.3 Å². The maximum absolute atomic E-state index is 12.2. The molecule has 18 heavy (non-hydrogen) atoms. The lowest BCUT2D eigenvalue weighted by molar-refractivity contribution is 0.1000. The van der Waals surface area contributed by atoms with E-state index in [1.54, 1.807) is 11.8 Å². The molecule has 3 heteroatoms. The molecule has 0 N–H and O–H groups in total. The highest BCUT2D eigenvalue weighted by molar-refractivity contribution is 7.99. The minimum Gasteiger partial charge on any atom is -0.353 e. The van der Waals surface area contributed by atoms with Gasteiger partial charge in [-0.15, -0.1) is 11.8 Å². The number of hydrogen-bond acceptors (Lipinski definition) is 3. The summed E-state index contributed by atoms with van der Waals surface area (Å²) in [5, 5.41) is 0. The van der Waals surface area contributed by atoms with Gasteiger partial charge in [-0.25, -0.2) is 0 Å². The smallest absolute Gasteiger partial charge is 0.182 e. The number of anilines is 1. The predicted molar refractivity (Wildman–Crippen MR) is 75.3 cm³/mol. The number of Topliss-reactive ketones (excluding diaryl/α,β-unsaturated/α-hetero) is 1. The van der Waals surface area contributed by atoms with Crippen molar-refractivity contribution in [2.75, 3.05) is 17.3 Å². The number of carbonyl (C=O) groups excluding carboxylic acids is 1. The van der Waals surface area contributed by atoms with Gasteiger partial charge in [0.25, 0.3) is 0 Å². The maximum Gasteiger partial charge on any atom is 0.182 e. The molecule has 0 saturated heterocycles. The third-order valence-electron chi connectivity index (χ3n) is 3.01. The van der Waals surface area contributed by atoms with Crippen LogP contribution in [0, 0.1) is 0 Å². The van der Waals surface area contributed by atoms with Crippen molar-refractivity contribution < 1.29 is 4.79 Å². The van der Waals surface area contributed by atoms with Crippen LogP contribution in [0.25, 0.3) is 0 Å². The van der Waals surface area contributed by atoms with Crippen LogP contribution in [0.3, 0.4) is 0 Å². The summed E-state index contributed by atoms with van der Waals surface area (Å²) in [5.74, 6) is 1.03. The second-order valence-corrected chi connectivity index (χ2v) is 5.22. The van der Waals surface area contributed by atoms with E-state index in [1.807, 2.05) is 42.5 Å². The summed E-state index contributed by atoms with van der Waals surface area (Å²) < 4.78 is 0. The van der Waals surface area contributed by atoms with Crippen LogP contribution in [0.2, 0.25) is 0 Å². The first-order chi connectivity index (χ1) is 8.84. The van der Waals surface area contributed by atoms with E-state index in [1.165, 1.54) is 10.6 Å². The first-order valence-electron chi connectivity index (χ1n) is 5.89. The molecule has 1 heterocycles. The average Bonchev–Trinajstić information content (AvgIpc) is 2.83. The van der Waals surface area contributed by atoms with Gasteiger partial charge in [0.05, 0.1) is 18.1 Å². The Balaban J connectivity index is 1.77. The normalized spacial score (nSPS) is 13.4. The van der Waals surface area contributed by atoms with Crippen molar-refractivity contribution in [2.24, 2.45) is 0 Å². The molecule has 2 aromatic carbocycles. The minimum atomic E-state index is 0.174. The minimum absolute atomic E-state index is 0.174. The third kappa shape index (κ3) is 2.14. The molecule has 1 aliphatic heterocycles. The lowest BCUT2D eigenvalue weighted by Crippen LogP contribution is -2.27. The molecule has 0 bridgehead atoms. The first kappa shape index (κ1) is 11.4. The third-order valence-corrected chi connectivity index (χ3v) is 4.11. The fourth-order valence-electron chi connectivity index (χ4n) is 2.08. The molecule has 1 aliphatic rings. The Kier molecular flexibility index (Phi) is 3.07. The first-order valence-corrected chi connectivity index (χ1v) is 6.88. The van der Waals surface area contributed by atoms with Gasteiger partial charge in [-0.3, -0.25) is 4.79 Å². The number of fused-ring (bicyclic) bond motifs is 1. The molecule has 0 spiro atoms. The van der Waals surface area contributed by atoms with Crippen LogP contribution >= 0.6 is 11.8 Å². The molecule has 0 aliphatic carbocycles. The molecule has 0 unspecified atom stereocenters. The number of para-hydroxylation sites is 1. The molecule has 2 aromatic rings. The highest BCUT2D eigenvalue weighted by atomic mass is 32.2. The van der Waals surface area contributed by atoms with Crippen LogP contribution in [0.15, 0.2) is 59.5 Å². The van der Waals surface area contributed by atoms with Gasteiger partial charge >= 0.3 is 0 Å². The summed E-state index contributed by atoms with van der Waals surface area (Å²) >= 11 is 1.79. The van der Waals surface area contributed by atoms with Gasteiger partial charge in [0.1, 0.15) is 0 Å². The molecule has 0 saturated carbocycles. The SMILES string of the molecule is O=C(CN1CSc2ccccc21)c1ccccc1. The monoisotopic (exact) mass is 255 g/mol. The molecule has 2 nitrogen and oxygen atoms in total. The predicted octanol–water partition coefficient (Wildman–Crippen LogP) is 3.44. The van der Waals surface area contributed by atoms with Crippen molar-refractivity contribution in [1.82, 2.24) is 0 Å². The lowest BCUT2D eigenvalue weighted by Gasteiger charge is -2.17. The van der Waals surface area contributed by atoms with Crippen LogP contribution in [0.1, 0.15) is 10.4 Å². The van der Waals surface area contributed by atoms with E-state index in [0.717, 1.165) is 11.4 Å². The lowest BCUT2D eigenvalue weighted by atomic mass is 10.1. The summed E-state index contributed by atoms with van der Waals surface area (Å²) in [6, 6.07) is 17.7. The van der Waals surface area contributed by atoms with Gasteiger partial charge in [0.2, 0.25) is 0 Å². The molecule has 0 atom stereocenters. The molecular weight excluding hydrogens is 242 g/mol. The summed E-state index contributed by atoms with van der Waals surface area (Å²) in [4.78, 5) is 15.6. The number of benzene rings is 2. The summed E-state index contributed by atoms with van der Waals surface area (Å²) in [6.45, 7) is 0.452. The van der Waals surface area contributed by atoms with E-state index in [9.17, 15) is 4.79 Å². The number of nitrogens with zero attached hydrogens (tertiary/aromatic N) is 1. The van der Waals surface area contributed by atoms with Crippen molar-refractivity contribution in [3.05, 3.63) is 60.2 Å². The Labute approximate surface area is 111 Å². The Morgan fingerprint density at radius 3 is 2.61 bits per heavy atom. The summed E-state index contributed by atoms with van der Waals surface area (Å²) in [6.07, 6.45) is 0. The number of ketones is 1. The molecule has 0 amide bonds. The van der Waals surface area contributed by atoms with Crippen LogP contribution in [-0.2, 0) is 0 Å². The van der Waals surface area contributed by atoms with Crippen molar-refractivity contribution >= 4 is 23.2 Å². The highest BCUT2D eigenvalue weighted by Gasteiger charge is 2.21. The van der Waals surface area contributed by atoms with Gasteiger partial charge in [-0.2, -0.15) is 0 Å². The largest absolute Gasteiger partial charge is 0.353 e. The van der Waals surface area contributed by atoms with E-state index in [0.29, 0.717) is 6.54 Å². The van der Waals surface area contributed by atoms with E-state index < -0.39 is 0 Å². The van der Waals surface area contributed by atoms with E-state index in [-0.39, 0.29) is 5.78 Å². The van der Waals surface area contributed by atoms with Crippen molar-refractivity contribution in [2.45, 2.75) is 4.90 Å². The molecule has 0 fully saturated rings. The second-order valence-electron chi connectivity index (χ2n) is 4.23. The average molecular weight is 255 g/mol. The van der Waals surface area contributed by atoms with E-state index in [2.05, 4.69) is 17.0 Å². The van der Waals surface area contributed by atoms with E-state index >= 15 is 0 Å². The highest BCUT2D eigenvalue weighted by Crippen LogP contribution is 2.37. The van der Waals surface area contributed by atoms with Crippen molar-refractivity contribution in [3.8, 4) is 0 Å². The molecule has 0 radical (unpaired) electrons. The zero-order valence-electron chi connectivity index (χ0n) is 9.87. The van der Waals surface area contributed by atoms with Crippen molar-refractivity contribution in [1.29, 1.82) is 0 Å². The van der Waals surface area contributed by atoms with Gasteiger partial charge < -0.3 is 4.90 Å². The standard InChI is InChI=1S/C15H13NOS/c17-14(12-6-2-1-3-7-12)10-16-11-18-15-9-5-4-8-13(15)16/h1-9H,10-11H2. The Bertz CT molecular complexity index is 568. The molecule has 90 valence electrons. The Morgan fingerprint density at radius 2 is 1.78 bits per heavy atom. The maximum atomic E-state index is 12.2. The number of carbonyl (C=O) groups is 1. The fourth-order valence-corrected chi connectivity index (χ4v) is 3.12. The fraction of sp³-hybridized carbons (Fsp3) is 0.133. The van der Waals surface area contributed by atoms with E-state index in [4.69, 9.17) is 0 Å². The van der Waals surface area contributed by atoms with Gasteiger partial charge in [-0.1, -0.05) is 42.5 Å². The summed E-state index contributed by atoms with van der Waals surface area (Å²) in [5.41, 5.74) is 1.96. The Morgan fingerprint density at radius 1 is 1.06 bits per heavy atom. The number of hydrogen-bond donors (Lipinski definition) is 0. The zero-order chi connectivity index (χ0) is 12.4.